The number of unbranched alkanes of at least 4 members (excludes halogenated alkanes) is 15. The van der Waals surface area contributed by atoms with E-state index in [2.05, 4.69) is 6.92 Å². The summed E-state index contributed by atoms with van der Waals surface area (Å²) in [6, 6.07) is 0. The van der Waals surface area contributed by atoms with Gasteiger partial charge < -0.3 is 14.5 Å². The molecule has 0 fully saturated rings. The Kier molecular flexibility index (Phi) is 18.9. The molecule has 0 saturated heterocycles. The number of hydrogen-bond donors (Lipinski definition) is 2. The van der Waals surface area contributed by atoms with Crippen LogP contribution in [0.2, 0.25) is 0 Å². The maximum absolute atomic E-state index is 12.4. The van der Waals surface area contributed by atoms with Gasteiger partial charge in [0.1, 0.15) is 0 Å². The SMILES string of the molecule is CCCCCCCCCCCCCCCCCCOC(=O)C(CC)(CCC)P(=O)(O)O. The highest BCUT2D eigenvalue weighted by Gasteiger charge is 2.52. The molecule has 0 amide bonds. The summed E-state index contributed by atoms with van der Waals surface area (Å²) < 4.78 is 17.2. The van der Waals surface area contributed by atoms with Gasteiger partial charge in [-0.2, -0.15) is 0 Å². The van der Waals surface area contributed by atoms with Crippen LogP contribution in [0.25, 0.3) is 0 Å². The zero-order chi connectivity index (χ0) is 23.4. The van der Waals surface area contributed by atoms with Crippen LogP contribution in [-0.4, -0.2) is 27.5 Å². The average Bonchev–Trinajstić information content (AvgIpc) is 2.73. The lowest BCUT2D eigenvalue weighted by molar-refractivity contribution is -0.148. The number of carbonyl (C=O) groups excluding carboxylic acids is 1. The zero-order valence-electron chi connectivity index (χ0n) is 20.7. The lowest BCUT2D eigenvalue weighted by atomic mass is 10.00. The molecule has 0 aliphatic rings. The highest BCUT2D eigenvalue weighted by molar-refractivity contribution is 7.54. The molecule has 0 aliphatic heterocycles. The van der Waals surface area contributed by atoms with Crippen molar-refractivity contribution in [2.24, 2.45) is 0 Å². The summed E-state index contributed by atoms with van der Waals surface area (Å²) in [5.74, 6) is -0.730. The number of hydrogen-bond acceptors (Lipinski definition) is 3. The fourth-order valence-corrected chi connectivity index (χ4v) is 5.49. The molecule has 186 valence electrons. The Bertz CT molecular complexity index is 477. The minimum Gasteiger partial charge on any atom is -0.465 e. The second kappa shape index (κ2) is 19.1. The first-order valence-corrected chi connectivity index (χ1v) is 14.7. The van der Waals surface area contributed by atoms with Crippen molar-refractivity contribution < 1.29 is 23.9 Å². The Morgan fingerprint density at radius 3 is 1.39 bits per heavy atom. The lowest BCUT2D eigenvalue weighted by Crippen LogP contribution is -2.39. The summed E-state index contributed by atoms with van der Waals surface area (Å²) in [7, 11) is -4.55. The van der Waals surface area contributed by atoms with Gasteiger partial charge in [0.05, 0.1) is 6.61 Å². The molecule has 2 N–H and O–H groups in total. The first kappa shape index (κ1) is 30.6. The Hall–Kier alpha value is -0.380. The van der Waals surface area contributed by atoms with E-state index in [4.69, 9.17) is 4.74 Å². The Morgan fingerprint density at radius 2 is 1.06 bits per heavy atom. The van der Waals surface area contributed by atoms with Gasteiger partial charge in [-0.15, -0.1) is 0 Å². The molecule has 0 rings (SSSR count). The fraction of sp³-hybridized carbons (Fsp3) is 0.960. The first-order valence-electron chi connectivity index (χ1n) is 13.1. The van der Waals surface area contributed by atoms with Crippen molar-refractivity contribution in [1.82, 2.24) is 0 Å². The van der Waals surface area contributed by atoms with E-state index in [9.17, 15) is 19.1 Å². The minimum absolute atomic E-state index is 0.100. The summed E-state index contributed by atoms with van der Waals surface area (Å²) in [5.41, 5.74) is 0. The molecule has 31 heavy (non-hydrogen) atoms. The summed E-state index contributed by atoms with van der Waals surface area (Å²) in [6.45, 7) is 5.98. The number of carbonyl (C=O) groups is 1. The fourth-order valence-electron chi connectivity index (χ4n) is 4.26. The minimum atomic E-state index is -4.55. The predicted octanol–water partition coefficient (Wildman–Crippen LogP) is 7.92. The number of rotatable bonds is 22. The quantitative estimate of drug-likeness (QED) is 0.0969. The molecule has 0 spiro atoms. The van der Waals surface area contributed by atoms with Crippen LogP contribution in [0, 0.1) is 0 Å². The molecule has 0 saturated carbocycles. The van der Waals surface area contributed by atoms with Gasteiger partial charge in [-0.1, -0.05) is 124 Å². The van der Waals surface area contributed by atoms with Crippen LogP contribution in [0.1, 0.15) is 143 Å². The van der Waals surface area contributed by atoms with Crippen LogP contribution >= 0.6 is 7.60 Å². The zero-order valence-corrected chi connectivity index (χ0v) is 21.6. The van der Waals surface area contributed by atoms with Crippen LogP contribution in [-0.2, 0) is 14.1 Å². The average molecular weight is 463 g/mol. The van der Waals surface area contributed by atoms with Crippen LogP contribution in [0.15, 0.2) is 0 Å². The first-order chi connectivity index (χ1) is 14.9. The molecular weight excluding hydrogens is 411 g/mol. The smallest absolute Gasteiger partial charge is 0.342 e. The van der Waals surface area contributed by atoms with Crippen molar-refractivity contribution in [1.29, 1.82) is 0 Å². The van der Waals surface area contributed by atoms with Gasteiger partial charge in [0.25, 0.3) is 0 Å². The van der Waals surface area contributed by atoms with Gasteiger partial charge in [-0.25, -0.2) is 0 Å². The van der Waals surface area contributed by atoms with Gasteiger partial charge in [-0.05, 0) is 19.3 Å². The topological polar surface area (TPSA) is 83.8 Å². The van der Waals surface area contributed by atoms with Crippen LogP contribution in [0.5, 0.6) is 0 Å². The molecule has 0 aromatic rings. The molecule has 1 unspecified atom stereocenters. The van der Waals surface area contributed by atoms with Crippen molar-refractivity contribution in [3.8, 4) is 0 Å². The van der Waals surface area contributed by atoms with Crippen molar-refractivity contribution in [2.45, 2.75) is 148 Å². The molecule has 0 aromatic carbocycles. The van der Waals surface area contributed by atoms with E-state index >= 15 is 0 Å². The summed E-state index contributed by atoms with van der Waals surface area (Å²) in [4.78, 5) is 31.7. The standard InChI is InChI=1S/C25H51O5P/c1-4-7-8-9-10-11-12-13-14-15-16-17-18-19-20-21-23-30-24(26)25(6-3,22-5-2)31(27,28)29/h4-23H2,1-3H3,(H2,27,28,29). The van der Waals surface area contributed by atoms with Crippen molar-refractivity contribution in [3.05, 3.63) is 0 Å². The molecular formula is C25H51O5P. The second-order valence-electron chi connectivity index (χ2n) is 9.12. The van der Waals surface area contributed by atoms with E-state index in [1.165, 1.54) is 83.5 Å². The van der Waals surface area contributed by atoms with E-state index in [-0.39, 0.29) is 19.4 Å². The predicted molar refractivity (Wildman–Crippen MR) is 130 cm³/mol. The molecule has 0 heterocycles. The second-order valence-corrected chi connectivity index (χ2v) is 11.1. The molecule has 1 atom stereocenters. The summed E-state index contributed by atoms with van der Waals surface area (Å²) >= 11 is 0. The van der Waals surface area contributed by atoms with Crippen molar-refractivity contribution >= 4 is 13.6 Å². The van der Waals surface area contributed by atoms with Crippen LogP contribution in [0.3, 0.4) is 0 Å². The van der Waals surface area contributed by atoms with Gasteiger partial charge in [-0.3, -0.25) is 9.36 Å². The third-order valence-electron chi connectivity index (χ3n) is 6.42. The highest BCUT2D eigenvalue weighted by atomic mass is 31.2. The van der Waals surface area contributed by atoms with E-state index in [1.54, 1.807) is 6.92 Å². The van der Waals surface area contributed by atoms with Gasteiger partial charge in [0, 0.05) is 0 Å². The van der Waals surface area contributed by atoms with Crippen molar-refractivity contribution in [3.63, 3.8) is 0 Å². The number of esters is 1. The highest BCUT2D eigenvalue weighted by Crippen LogP contribution is 2.55. The van der Waals surface area contributed by atoms with Gasteiger partial charge >= 0.3 is 13.6 Å². The maximum Gasteiger partial charge on any atom is 0.342 e. The van der Waals surface area contributed by atoms with E-state index < -0.39 is 18.7 Å². The Balaban J connectivity index is 3.63. The largest absolute Gasteiger partial charge is 0.465 e. The van der Waals surface area contributed by atoms with Crippen LogP contribution < -0.4 is 0 Å². The van der Waals surface area contributed by atoms with Crippen LogP contribution in [0.4, 0.5) is 0 Å². The lowest BCUT2D eigenvalue weighted by Gasteiger charge is -2.30. The van der Waals surface area contributed by atoms with E-state index in [1.807, 2.05) is 6.92 Å². The monoisotopic (exact) mass is 462 g/mol. The van der Waals surface area contributed by atoms with E-state index in [0.29, 0.717) is 6.42 Å². The Morgan fingerprint density at radius 1 is 0.677 bits per heavy atom. The molecule has 0 aliphatic carbocycles. The van der Waals surface area contributed by atoms with E-state index in [0.717, 1.165) is 19.3 Å². The maximum atomic E-state index is 12.4. The molecule has 0 bridgehead atoms. The van der Waals surface area contributed by atoms with Crippen molar-refractivity contribution in [2.75, 3.05) is 6.61 Å². The molecule has 5 nitrogen and oxygen atoms in total. The summed E-state index contributed by atoms with van der Waals surface area (Å²) in [6.07, 6.45) is 21.3. The number of ether oxygens (including phenoxy) is 1. The third kappa shape index (κ3) is 13.7. The van der Waals surface area contributed by atoms with Gasteiger partial charge in [0.2, 0.25) is 0 Å². The summed E-state index contributed by atoms with van der Waals surface area (Å²) in [5, 5.41) is -1.67. The molecule has 0 radical (unpaired) electrons. The van der Waals surface area contributed by atoms with Gasteiger partial charge in [0.15, 0.2) is 5.16 Å². The Labute approximate surface area is 192 Å². The molecule has 6 heteroatoms. The normalized spacial score (nSPS) is 13.8. The third-order valence-corrected chi connectivity index (χ3v) is 8.25. The molecule has 0 aromatic heterocycles.